The minimum atomic E-state index is -0.113. The third kappa shape index (κ3) is 4.60. The second-order valence-electron chi connectivity index (χ2n) is 6.30. The molecule has 0 radical (unpaired) electrons. The van der Waals surface area contributed by atoms with Gasteiger partial charge in [-0.2, -0.15) is 4.98 Å². The molecular weight excluding hydrogens is 334 g/mol. The van der Waals surface area contributed by atoms with Gasteiger partial charge in [-0.15, -0.1) is 0 Å². The van der Waals surface area contributed by atoms with E-state index in [1.54, 1.807) is 0 Å². The zero-order valence-electron chi connectivity index (χ0n) is 15.3. The molecule has 3 rings (SSSR count). The third-order valence-electron chi connectivity index (χ3n) is 4.38. The summed E-state index contributed by atoms with van der Waals surface area (Å²) in [4.78, 5) is 18.6. The topological polar surface area (TPSA) is 77.7 Å². The van der Waals surface area contributed by atoms with E-state index in [2.05, 4.69) is 15.0 Å². The Labute approximate surface area is 153 Å². The van der Waals surface area contributed by atoms with Gasteiger partial charge in [0, 0.05) is 12.1 Å². The van der Waals surface area contributed by atoms with Gasteiger partial charge in [0.2, 0.25) is 11.7 Å². The highest BCUT2D eigenvalue weighted by molar-refractivity contribution is 5.72. The lowest BCUT2D eigenvalue weighted by molar-refractivity contribution is -0.150. The highest BCUT2D eigenvalue weighted by Crippen LogP contribution is 2.22. The Balaban J connectivity index is 1.60. The number of nitrogens with zero attached hydrogens (tertiary/aromatic N) is 3. The van der Waals surface area contributed by atoms with Gasteiger partial charge in [-0.25, -0.2) is 0 Å². The monoisotopic (exact) mass is 359 g/mol. The number of aromatic nitrogens is 2. The lowest BCUT2D eigenvalue weighted by atomic mass is 9.98. The first kappa shape index (κ1) is 18.4. The van der Waals surface area contributed by atoms with Crippen LogP contribution in [0.1, 0.15) is 32.6 Å². The van der Waals surface area contributed by atoms with E-state index < -0.39 is 0 Å². The number of hydrogen-bond donors (Lipinski definition) is 0. The van der Waals surface area contributed by atoms with Crippen molar-refractivity contribution in [2.75, 3.05) is 26.3 Å². The van der Waals surface area contributed by atoms with Crippen LogP contribution in [0.4, 0.5) is 0 Å². The molecule has 1 saturated heterocycles. The van der Waals surface area contributed by atoms with Gasteiger partial charge in [0.1, 0.15) is 5.75 Å². The van der Waals surface area contributed by atoms with Crippen molar-refractivity contribution in [1.82, 2.24) is 15.0 Å². The van der Waals surface area contributed by atoms with Crippen molar-refractivity contribution in [3.05, 3.63) is 30.2 Å². The number of rotatable bonds is 7. The molecule has 1 aliphatic heterocycles. The summed E-state index contributed by atoms with van der Waals surface area (Å²) in [5.74, 6) is 1.74. The van der Waals surface area contributed by atoms with Gasteiger partial charge >= 0.3 is 5.97 Å². The van der Waals surface area contributed by atoms with Crippen LogP contribution >= 0.6 is 0 Å². The fourth-order valence-corrected chi connectivity index (χ4v) is 3.15. The minimum Gasteiger partial charge on any atom is -0.494 e. The number of esters is 1. The van der Waals surface area contributed by atoms with E-state index in [-0.39, 0.29) is 11.9 Å². The summed E-state index contributed by atoms with van der Waals surface area (Å²) in [6.45, 7) is 6.96. The lowest BCUT2D eigenvalue weighted by Crippen LogP contribution is -2.39. The Morgan fingerprint density at radius 1 is 1.27 bits per heavy atom. The van der Waals surface area contributed by atoms with Crippen molar-refractivity contribution in [2.24, 2.45) is 5.92 Å². The molecule has 2 aromatic rings. The van der Waals surface area contributed by atoms with Gasteiger partial charge in [-0.05, 0) is 57.5 Å². The molecule has 0 N–H and O–H groups in total. The summed E-state index contributed by atoms with van der Waals surface area (Å²) in [5, 5.41) is 4.07. The number of hydrogen-bond acceptors (Lipinski definition) is 7. The van der Waals surface area contributed by atoms with Gasteiger partial charge in [0.25, 0.3) is 0 Å². The number of likely N-dealkylation sites (tertiary alicyclic amines) is 1. The van der Waals surface area contributed by atoms with Crippen LogP contribution in [0.15, 0.2) is 28.8 Å². The molecule has 0 aliphatic carbocycles. The minimum absolute atomic E-state index is 0.0720. The molecule has 0 bridgehead atoms. The third-order valence-corrected chi connectivity index (χ3v) is 4.38. The zero-order valence-corrected chi connectivity index (χ0v) is 15.3. The van der Waals surface area contributed by atoms with Crippen LogP contribution in [0.2, 0.25) is 0 Å². The predicted molar refractivity (Wildman–Crippen MR) is 95.5 cm³/mol. The van der Waals surface area contributed by atoms with Crippen LogP contribution in [-0.2, 0) is 16.1 Å². The van der Waals surface area contributed by atoms with Gasteiger partial charge in [0.05, 0.1) is 25.7 Å². The molecule has 140 valence electrons. The molecule has 7 nitrogen and oxygen atoms in total. The standard InChI is InChI=1S/C19H25N3O4/c1-3-24-16-9-7-14(8-10-16)18-20-17(26-21-18)13-22-11-5-6-15(12-22)19(23)25-4-2/h7-10,15H,3-6,11-13H2,1-2H3. The summed E-state index contributed by atoms with van der Waals surface area (Å²) in [5.41, 5.74) is 0.881. The van der Waals surface area contributed by atoms with Gasteiger partial charge < -0.3 is 14.0 Å². The maximum absolute atomic E-state index is 11.9. The zero-order chi connectivity index (χ0) is 18.4. The average Bonchev–Trinajstić information content (AvgIpc) is 3.11. The second kappa shape index (κ2) is 8.80. The van der Waals surface area contributed by atoms with E-state index in [9.17, 15) is 4.79 Å². The van der Waals surface area contributed by atoms with E-state index in [0.717, 1.165) is 30.7 Å². The Morgan fingerprint density at radius 2 is 2.08 bits per heavy atom. The average molecular weight is 359 g/mol. The number of piperidine rings is 1. The maximum Gasteiger partial charge on any atom is 0.310 e. The van der Waals surface area contributed by atoms with Crippen molar-refractivity contribution >= 4 is 5.97 Å². The molecule has 0 spiro atoms. The number of benzene rings is 1. The normalized spacial score (nSPS) is 17.8. The molecule has 1 aliphatic rings. The SMILES string of the molecule is CCOC(=O)C1CCCN(Cc2nc(-c3ccc(OCC)cc3)no2)C1. The fraction of sp³-hybridized carbons (Fsp3) is 0.526. The van der Waals surface area contributed by atoms with Crippen molar-refractivity contribution < 1.29 is 18.8 Å². The Kier molecular flexibility index (Phi) is 6.22. The van der Waals surface area contributed by atoms with Crippen molar-refractivity contribution in [1.29, 1.82) is 0 Å². The molecule has 1 atom stereocenters. The Morgan fingerprint density at radius 3 is 2.81 bits per heavy atom. The number of carbonyl (C=O) groups is 1. The Hall–Kier alpha value is -2.41. The predicted octanol–water partition coefficient (Wildman–Crippen LogP) is 2.91. The molecule has 1 aromatic heterocycles. The highest BCUT2D eigenvalue weighted by atomic mass is 16.5. The maximum atomic E-state index is 11.9. The van der Waals surface area contributed by atoms with E-state index in [4.69, 9.17) is 14.0 Å². The molecule has 1 aromatic carbocycles. The summed E-state index contributed by atoms with van der Waals surface area (Å²) in [6.07, 6.45) is 1.83. The van der Waals surface area contributed by atoms with Crippen LogP contribution in [0.25, 0.3) is 11.4 Å². The largest absolute Gasteiger partial charge is 0.494 e. The van der Waals surface area contributed by atoms with Gasteiger partial charge in [-0.3, -0.25) is 9.69 Å². The van der Waals surface area contributed by atoms with E-state index >= 15 is 0 Å². The first-order chi connectivity index (χ1) is 12.7. The summed E-state index contributed by atoms with van der Waals surface area (Å²) < 4.78 is 16.0. The van der Waals surface area contributed by atoms with E-state index in [1.165, 1.54) is 0 Å². The second-order valence-corrected chi connectivity index (χ2v) is 6.30. The van der Waals surface area contributed by atoms with Gasteiger partial charge in [0.15, 0.2) is 0 Å². The summed E-state index contributed by atoms with van der Waals surface area (Å²) in [7, 11) is 0. The smallest absolute Gasteiger partial charge is 0.310 e. The quantitative estimate of drug-likeness (QED) is 0.703. The summed E-state index contributed by atoms with van der Waals surface area (Å²) >= 11 is 0. The van der Waals surface area contributed by atoms with Crippen LogP contribution in [0.5, 0.6) is 5.75 Å². The lowest BCUT2D eigenvalue weighted by Gasteiger charge is -2.30. The fourth-order valence-electron chi connectivity index (χ4n) is 3.15. The molecule has 7 heteroatoms. The molecule has 1 fully saturated rings. The first-order valence-corrected chi connectivity index (χ1v) is 9.14. The van der Waals surface area contributed by atoms with Crippen molar-refractivity contribution in [3.63, 3.8) is 0 Å². The van der Waals surface area contributed by atoms with Crippen LogP contribution in [0, 0.1) is 5.92 Å². The number of carbonyl (C=O) groups excluding carboxylic acids is 1. The molecule has 1 unspecified atom stereocenters. The molecule has 26 heavy (non-hydrogen) atoms. The van der Waals surface area contributed by atoms with E-state index in [0.29, 0.717) is 38.0 Å². The van der Waals surface area contributed by atoms with E-state index in [1.807, 2.05) is 38.1 Å². The van der Waals surface area contributed by atoms with Crippen LogP contribution < -0.4 is 4.74 Å². The molecule has 2 heterocycles. The molecule has 0 amide bonds. The molecular formula is C19H25N3O4. The highest BCUT2D eigenvalue weighted by Gasteiger charge is 2.27. The van der Waals surface area contributed by atoms with Crippen LogP contribution in [-0.4, -0.2) is 47.3 Å². The van der Waals surface area contributed by atoms with Crippen LogP contribution in [0.3, 0.4) is 0 Å². The van der Waals surface area contributed by atoms with Crippen molar-refractivity contribution in [3.8, 4) is 17.1 Å². The van der Waals surface area contributed by atoms with Gasteiger partial charge in [-0.1, -0.05) is 5.16 Å². The first-order valence-electron chi connectivity index (χ1n) is 9.14. The number of ether oxygens (including phenoxy) is 2. The Bertz CT molecular complexity index is 714. The summed E-state index contributed by atoms with van der Waals surface area (Å²) in [6, 6.07) is 7.61. The molecule has 0 saturated carbocycles. The van der Waals surface area contributed by atoms with Crippen molar-refractivity contribution in [2.45, 2.75) is 33.2 Å².